The summed E-state index contributed by atoms with van der Waals surface area (Å²) in [4.78, 5) is 16.8. The quantitative estimate of drug-likeness (QED) is 0.366. The molecule has 3 aromatic heterocycles. The number of benzene rings is 1. The number of fused-ring (bicyclic) bond motifs is 1. The van der Waals surface area contributed by atoms with E-state index in [4.69, 9.17) is 14.2 Å². The van der Waals surface area contributed by atoms with Crippen molar-refractivity contribution in [2.45, 2.75) is 0 Å². The standard InChI is InChI=1S/C20H17N7O6S2/c1-31-13-6-15(32-2)14(16(7-13)33-3)4-5-35(29,30)25-12-8-22-18-17(19-24-23-11-34-19)20(28)27(10-21)26(18)9-12/h4-9,11,25H,1-3H3/b5-4+. The van der Waals surface area contributed by atoms with Crippen LogP contribution in [0, 0.1) is 11.5 Å². The van der Waals surface area contributed by atoms with Crippen LogP contribution < -0.4 is 24.5 Å². The number of hydrogen-bond acceptors (Lipinski definition) is 11. The summed E-state index contributed by atoms with van der Waals surface area (Å²) in [6.07, 6.45) is 5.54. The summed E-state index contributed by atoms with van der Waals surface area (Å²) >= 11 is 1.11. The predicted molar refractivity (Wildman–Crippen MR) is 127 cm³/mol. The molecule has 4 rings (SSSR count). The van der Waals surface area contributed by atoms with Gasteiger partial charge in [-0.1, -0.05) is 11.3 Å². The van der Waals surface area contributed by atoms with E-state index in [2.05, 4.69) is 19.9 Å². The molecule has 35 heavy (non-hydrogen) atoms. The summed E-state index contributed by atoms with van der Waals surface area (Å²) in [6.45, 7) is 0. The molecule has 0 unspecified atom stereocenters. The van der Waals surface area contributed by atoms with E-state index in [-0.39, 0.29) is 21.9 Å². The molecule has 1 aromatic carbocycles. The first-order valence-corrected chi connectivity index (χ1v) is 12.1. The average Bonchev–Trinajstić information content (AvgIpc) is 3.46. The highest BCUT2D eigenvalue weighted by atomic mass is 32.2. The van der Waals surface area contributed by atoms with Gasteiger partial charge in [0.05, 0.1) is 50.4 Å². The second-order valence-corrected chi connectivity index (χ2v) is 9.14. The summed E-state index contributed by atoms with van der Waals surface area (Å²) in [5.41, 5.74) is 1.38. The van der Waals surface area contributed by atoms with Gasteiger partial charge in [0.15, 0.2) is 10.7 Å². The summed E-state index contributed by atoms with van der Waals surface area (Å²) in [5.74, 6) is 1.15. The van der Waals surface area contributed by atoms with Crippen molar-refractivity contribution in [1.29, 1.82) is 5.26 Å². The number of sulfonamides is 1. The van der Waals surface area contributed by atoms with Crippen LogP contribution in [-0.2, 0) is 10.0 Å². The Kier molecular flexibility index (Phi) is 6.40. The molecule has 0 aliphatic heterocycles. The van der Waals surface area contributed by atoms with Crippen LogP contribution in [-0.4, -0.2) is 54.1 Å². The maximum atomic E-state index is 12.8. The van der Waals surface area contributed by atoms with Crippen molar-refractivity contribution in [3.8, 4) is 34.0 Å². The lowest BCUT2D eigenvalue weighted by Crippen LogP contribution is -2.16. The number of rotatable bonds is 8. The minimum Gasteiger partial charge on any atom is -0.496 e. The minimum atomic E-state index is -4.05. The van der Waals surface area contributed by atoms with Crippen molar-refractivity contribution in [2.24, 2.45) is 0 Å². The summed E-state index contributed by atoms with van der Waals surface area (Å²) < 4.78 is 45.5. The van der Waals surface area contributed by atoms with E-state index < -0.39 is 15.6 Å². The summed E-state index contributed by atoms with van der Waals surface area (Å²) in [7, 11) is 0.296. The van der Waals surface area contributed by atoms with Gasteiger partial charge in [-0.2, -0.15) is 5.26 Å². The molecule has 0 saturated heterocycles. The van der Waals surface area contributed by atoms with Crippen LogP contribution >= 0.6 is 11.3 Å². The Morgan fingerprint density at radius 1 is 1.17 bits per heavy atom. The number of hydrogen-bond donors (Lipinski definition) is 1. The molecule has 0 amide bonds. The molecule has 0 radical (unpaired) electrons. The zero-order valence-corrected chi connectivity index (χ0v) is 20.1. The van der Waals surface area contributed by atoms with Crippen LogP contribution in [0.3, 0.4) is 0 Å². The highest BCUT2D eigenvalue weighted by Gasteiger charge is 2.21. The van der Waals surface area contributed by atoms with Gasteiger partial charge < -0.3 is 14.2 Å². The van der Waals surface area contributed by atoms with Gasteiger partial charge in [-0.25, -0.2) is 17.9 Å². The molecule has 0 saturated carbocycles. The molecule has 0 bridgehead atoms. The fourth-order valence-corrected chi connectivity index (χ4v) is 4.62. The fourth-order valence-electron chi connectivity index (χ4n) is 3.22. The zero-order chi connectivity index (χ0) is 25.2. The van der Waals surface area contributed by atoms with Gasteiger partial charge >= 0.3 is 0 Å². The highest BCUT2D eigenvalue weighted by Crippen LogP contribution is 2.35. The van der Waals surface area contributed by atoms with Crippen molar-refractivity contribution in [1.82, 2.24) is 24.4 Å². The van der Waals surface area contributed by atoms with Gasteiger partial charge in [0.25, 0.3) is 15.6 Å². The molecule has 180 valence electrons. The lowest BCUT2D eigenvalue weighted by molar-refractivity contribution is 0.374. The van der Waals surface area contributed by atoms with Gasteiger partial charge in [-0.05, 0) is 6.08 Å². The third-order valence-corrected chi connectivity index (χ3v) is 6.47. The molecule has 3 heterocycles. The predicted octanol–water partition coefficient (Wildman–Crippen LogP) is 1.78. The van der Waals surface area contributed by atoms with E-state index in [1.807, 2.05) is 0 Å². The Morgan fingerprint density at radius 3 is 2.46 bits per heavy atom. The molecule has 0 spiro atoms. The smallest absolute Gasteiger partial charge is 0.293 e. The molecule has 15 heteroatoms. The number of ether oxygens (including phenoxy) is 3. The van der Waals surface area contributed by atoms with Crippen LogP contribution in [0.1, 0.15) is 5.56 Å². The number of nitrogens with one attached hydrogen (secondary N) is 1. The molecule has 4 aromatic rings. The third kappa shape index (κ3) is 4.52. The third-order valence-electron chi connectivity index (χ3n) is 4.75. The van der Waals surface area contributed by atoms with Crippen LogP contribution in [0.2, 0.25) is 0 Å². The zero-order valence-electron chi connectivity index (χ0n) is 18.5. The first kappa shape index (κ1) is 23.7. The van der Waals surface area contributed by atoms with Crippen molar-refractivity contribution < 1.29 is 22.6 Å². The Hall–Kier alpha value is -4.42. The first-order chi connectivity index (χ1) is 16.8. The summed E-state index contributed by atoms with van der Waals surface area (Å²) in [6, 6.07) is 3.17. The van der Waals surface area contributed by atoms with E-state index in [9.17, 15) is 18.5 Å². The Bertz CT molecular complexity index is 1610. The molecule has 0 aliphatic carbocycles. The minimum absolute atomic E-state index is 0.0126. The van der Waals surface area contributed by atoms with Crippen molar-refractivity contribution in [3.63, 3.8) is 0 Å². The van der Waals surface area contributed by atoms with E-state index in [0.29, 0.717) is 22.8 Å². The number of aromatic nitrogens is 5. The maximum absolute atomic E-state index is 12.8. The number of nitrogens with zero attached hydrogens (tertiary/aromatic N) is 6. The Balaban J connectivity index is 1.70. The molecular weight excluding hydrogens is 498 g/mol. The van der Waals surface area contributed by atoms with Gasteiger partial charge in [-0.3, -0.25) is 9.52 Å². The molecule has 0 aliphatic rings. The second-order valence-electron chi connectivity index (χ2n) is 6.74. The average molecular weight is 516 g/mol. The second kappa shape index (κ2) is 9.44. The van der Waals surface area contributed by atoms with Crippen molar-refractivity contribution in [2.75, 3.05) is 26.1 Å². The lowest BCUT2D eigenvalue weighted by atomic mass is 10.1. The number of nitriles is 1. The van der Waals surface area contributed by atoms with E-state index in [0.717, 1.165) is 25.9 Å². The van der Waals surface area contributed by atoms with Crippen molar-refractivity contribution >= 4 is 38.8 Å². The largest absolute Gasteiger partial charge is 0.496 e. The first-order valence-electron chi connectivity index (χ1n) is 9.62. The van der Waals surface area contributed by atoms with Gasteiger partial charge in [-0.15, -0.1) is 14.9 Å². The van der Waals surface area contributed by atoms with Gasteiger partial charge in [0.1, 0.15) is 28.3 Å². The monoisotopic (exact) mass is 515 g/mol. The van der Waals surface area contributed by atoms with Crippen LogP contribution in [0.5, 0.6) is 17.2 Å². The SMILES string of the molecule is COc1cc(OC)c(/C=C/S(=O)(=O)Nc2cnc3c(-c4nncs4)c(=O)n(C#N)n3c2)c(OC)c1. The highest BCUT2D eigenvalue weighted by molar-refractivity contribution is 7.95. The number of anilines is 1. The topological polar surface area (TPSA) is 163 Å². The van der Waals surface area contributed by atoms with Crippen LogP contribution in [0.4, 0.5) is 5.69 Å². The molecular formula is C20H17N7O6S2. The lowest BCUT2D eigenvalue weighted by Gasteiger charge is -2.12. The Morgan fingerprint density at radius 2 is 1.89 bits per heavy atom. The number of methoxy groups -OCH3 is 3. The molecule has 1 N–H and O–H groups in total. The van der Waals surface area contributed by atoms with E-state index >= 15 is 0 Å². The Labute approximate surface area is 202 Å². The molecule has 0 fully saturated rings. The van der Waals surface area contributed by atoms with Crippen molar-refractivity contribution in [3.05, 3.63) is 51.4 Å². The fraction of sp³-hybridized carbons (Fsp3) is 0.150. The van der Waals surface area contributed by atoms with Gasteiger partial charge in [0, 0.05) is 12.1 Å². The maximum Gasteiger partial charge on any atom is 0.293 e. The molecule has 13 nitrogen and oxygen atoms in total. The van der Waals surface area contributed by atoms with Crippen LogP contribution in [0.15, 0.2) is 40.2 Å². The van der Waals surface area contributed by atoms with E-state index in [1.54, 1.807) is 18.3 Å². The van der Waals surface area contributed by atoms with E-state index in [1.165, 1.54) is 45.3 Å². The molecule has 0 atom stereocenters. The van der Waals surface area contributed by atoms with Crippen LogP contribution in [0.25, 0.3) is 22.3 Å². The summed E-state index contributed by atoms with van der Waals surface area (Å²) in [5, 5.41) is 18.2. The van der Waals surface area contributed by atoms with Gasteiger partial charge in [0.2, 0.25) is 6.19 Å². The normalized spacial score (nSPS) is 11.5.